The molecule has 4 rings (SSSR count). The Labute approximate surface area is 150 Å². The van der Waals surface area contributed by atoms with Crippen LogP contribution in [0, 0.1) is 0 Å². The van der Waals surface area contributed by atoms with Crippen LogP contribution in [0.1, 0.15) is 16.4 Å². The molecule has 1 heterocycles. The van der Waals surface area contributed by atoms with Crippen LogP contribution in [-0.2, 0) is 0 Å². The molecule has 24 heavy (non-hydrogen) atoms. The first-order chi connectivity index (χ1) is 11.7. The fourth-order valence-electron chi connectivity index (χ4n) is 2.99. The molecule has 3 aromatic rings. The van der Waals surface area contributed by atoms with Crippen LogP contribution >= 0.6 is 23.4 Å². The first-order valence-electron chi connectivity index (χ1n) is 7.66. The average Bonchev–Trinajstić information content (AvgIpc) is 2.62. The van der Waals surface area contributed by atoms with E-state index in [9.17, 15) is 0 Å². The molecule has 3 aromatic carbocycles. The van der Waals surface area contributed by atoms with Gasteiger partial charge in [-0.15, -0.1) is 0 Å². The number of hydrogen-bond acceptors (Lipinski definition) is 3. The van der Waals surface area contributed by atoms with E-state index in [1.807, 2.05) is 18.3 Å². The standard InChI is InChI=1S/C20H15ClN2S/c21-15-10-8-14(9-11-15)19-18(12-23-20(22)24-19)17-7-3-5-13-4-1-2-6-16(13)17/h1-12,19H,(H2,22,23). The van der Waals surface area contributed by atoms with Crippen molar-refractivity contribution in [1.29, 1.82) is 0 Å². The summed E-state index contributed by atoms with van der Waals surface area (Å²) >= 11 is 7.61. The summed E-state index contributed by atoms with van der Waals surface area (Å²) in [6.45, 7) is 0. The molecule has 1 atom stereocenters. The van der Waals surface area contributed by atoms with Crippen molar-refractivity contribution < 1.29 is 0 Å². The third-order valence-electron chi connectivity index (χ3n) is 4.13. The van der Waals surface area contributed by atoms with E-state index in [0.29, 0.717) is 5.17 Å². The van der Waals surface area contributed by atoms with Crippen molar-refractivity contribution in [2.24, 2.45) is 10.7 Å². The second-order valence-corrected chi connectivity index (χ2v) is 7.19. The molecule has 1 unspecified atom stereocenters. The number of aliphatic imine (C=N–C) groups is 1. The molecule has 0 bridgehead atoms. The van der Waals surface area contributed by atoms with Gasteiger partial charge in [-0.05, 0) is 39.6 Å². The molecule has 0 aliphatic carbocycles. The minimum atomic E-state index is 0.102. The molecule has 1 aliphatic rings. The summed E-state index contributed by atoms with van der Waals surface area (Å²) in [5.74, 6) is 0. The predicted octanol–water partition coefficient (Wildman–Crippen LogP) is 5.64. The lowest BCUT2D eigenvalue weighted by atomic mass is 9.93. The third-order valence-corrected chi connectivity index (χ3v) is 5.49. The lowest BCUT2D eigenvalue weighted by molar-refractivity contribution is 1.23. The first kappa shape index (κ1) is 15.3. The van der Waals surface area contributed by atoms with Crippen LogP contribution in [0.25, 0.3) is 16.3 Å². The van der Waals surface area contributed by atoms with Gasteiger partial charge in [0.2, 0.25) is 0 Å². The molecular weight excluding hydrogens is 336 g/mol. The van der Waals surface area contributed by atoms with Gasteiger partial charge in [-0.2, -0.15) is 0 Å². The van der Waals surface area contributed by atoms with Crippen LogP contribution in [0.4, 0.5) is 0 Å². The van der Waals surface area contributed by atoms with Crippen LogP contribution in [0.3, 0.4) is 0 Å². The van der Waals surface area contributed by atoms with Gasteiger partial charge in [-0.3, -0.25) is 0 Å². The fraction of sp³-hybridized carbons (Fsp3) is 0.0500. The number of rotatable bonds is 2. The molecule has 4 heteroatoms. The van der Waals surface area contributed by atoms with Gasteiger partial charge in [0.05, 0.1) is 5.25 Å². The van der Waals surface area contributed by atoms with Gasteiger partial charge in [0.15, 0.2) is 5.17 Å². The molecule has 2 nitrogen and oxygen atoms in total. The van der Waals surface area contributed by atoms with Crippen molar-refractivity contribution in [2.45, 2.75) is 5.25 Å². The molecule has 118 valence electrons. The normalized spacial score (nSPS) is 17.5. The van der Waals surface area contributed by atoms with Crippen molar-refractivity contribution >= 4 is 44.9 Å². The Bertz CT molecular complexity index is 956. The maximum atomic E-state index is 6.04. The monoisotopic (exact) mass is 350 g/mol. The molecule has 2 N–H and O–H groups in total. The summed E-state index contributed by atoms with van der Waals surface area (Å²) in [4.78, 5) is 4.36. The number of thioether (sulfide) groups is 1. The highest BCUT2D eigenvalue weighted by atomic mass is 35.5. The number of fused-ring (bicyclic) bond motifs is 1. The number of hydrogen-bond donors (Lipinski definition) is 1. The molecular formula is C20H15ClN2S. The van der Waals surface area contributed by atoms with E-state index in [4.69, 9.17) is 17.3 Å². The quantitative estimate of drug-likeness (QED) is 0.649. The van der Waals surface area contributed by atoms with E-state index in [1.165, 1.54) is 21.9 Å². The highest BCUT2D eigenvalue weighted by Crippen LogP contribution is 2.45. The molecule has 0 radical (unpaired) electrons. The highest BCUT2D eigenvalue weighted by molar-refractivity contribution is 8.14. The Morgan fingerprint density at radius 1 is 0.917 bits per heavy atom. The number of amidine groups is 1. The maximum absolute atomic E-state index is 6.04. The van der Waals surface area contributed by atoms with Crippen LogP contribution in [0.5, 0.6) is 0 Å². The Kier molecular flexibility index (Phi) is 4.05. The van der Waals surface area contributed by atoms with Gasteiger partial charge in [0.1, 0.15) is 0 Å². The Hall–Kier alpha value is -2.23. The largest absolute Gasteiger partial charge is 0.378 e. The van der Waals surface area contributed by atoms with Crippen molar-refractivity contribution in [3.8, 4) is 0 Å². The summed E-state index contributed by atoms with van der Waals surface area (Å²) in [6, 6.07) is 22.7. The molecule has 0 fully saturated rings. The van der Waals surface area contributed by atoms with Gasteiger partial charge in [0, 0.05) is 11.2 Å². The van der Waals surface area contributed by atoms with E-state index in [2.05, 4.69) is 59.6 Å². The van der Waals surface area contributed by atoms with Gasteiger partial charge in [-0.25, -0.2) is 4.99 Å². The van der Waals surface area contributed by atoms with Crippen molar-refractivity contribution in [3.05, 3.63) is 89.1 Å². The summed E-state index contributed by atoms with van der Waals surface area (Å²) in [5, 5.41) is 3.86. The van der Waals surface area contributed by atoms with Gasteiger partial charge in [-0.1, -0.05) is 78.0 Å². The zero-order valence-electron chi connectivity index (χ0n) is 12.8. The van der Waals surface area contributed by atoms with Crippen molar-refractivity contribution in [1.82, 2.24) is 0 Å². The molecule has 1 aliphatic heterocycles. The SMILES string of the molecule is NC1=NC=C(c2cccc3ccccc23)C(c2ccc(Cl)cc2)S1. The first-order valence-corrected chi connectivity index (χ1v) is 8.92. The predicted molar refractivity (Wildman–Crippen MR) is 105 cm³/mol. The average molecular weight is 351 g/mol. The second-order valence-electron chi connectivity index (χ2n) is 5.63. The number of nitrogens with zero attached hydrogens (tertiary/aromatic N) is 1. The summed E-state index contributed by atoms with van der Waals surface area (Å²) in [6.07, 6.45) is 1.90. The third kappa shape index (κ3) is 2.81. The van der Waals surface area contributed by atoms with Crippen LogP contribution in [0.15, 0.2) is 77.9 Å². The van der Waals surface area contributed by atoms with Gasteiger partial charge < -0.3 is 5.73 Å². The highest BCUT2D eigenvalue weighted by Gasteiger charge is 2.24. The second kappa shape index (κ2) is 6.34. The number of nitrogens with two attached hydrogens (primary N) is 1. The summed E-state index contributed by atoms with van der Waals surface area (Å²) in [7, 11) is 0. The molecule has 0 aromatic heterocycles. The maximum Gasteiger partial charge on any atom is 0.159 e. The minimum Gasteiger partial charge on any atom is -0.378 e. The Morgan fingerprint density at radius 3 is 2.50 bits per heavy atom. The minimum absolute atomic E-state index is 0.102. The van der Waals surface area contributed by atoms with Crippen molar-refractivity contribution in [3.63, 3.8) is 0 Å². The lowest BCUT2D eigenvalue weighted by Gasteiger charge is -2.24. The van der Waals surface area contributed by atoms with E-state index in [-0.39, 0.29) is 5.25 Å². The molecule has 0 saturated carbocycles. The lowest BCUT2D eigenvalue weighted by Crippen LogP contribution is -2.14. The topological polar surface area (TPSA) is 38.4 Å². The number of benzene rings is 3. The number of halogens is 1. The van der Waals surface area contributed by atoms with Crippen molar-refractivity contribution in [2.75, 3.05) is 0 Å². The van der Waals surface area contributed by atoms with E-state index < -0.39 is 0 Å². The summed E-state index contributed by atoms with van der Waals surface area (Å²) < 4.78 is 0. The Balaban J connectivity index is 1.88. The van der Waals surface area contributed by atoms with Gasteiger partial charge >= 0.3 is 0 Å². The molecule has 0 saturated heterocycles. The zero-order valence-corrected chi connectivity index (χ0v) is 14.4. The molecule has 0 amide bonds. The summed E-state index contributed by atoms with van der Waals surface area (Å²) in [5.41, 5.74) is 9.51. The van der Waals surface area contributed by atoms with Crippen LogP contribution in [-0.4, -0.2) is 5.17 Å². The van der Waals surface area contributed by atoms with E-state index in [1.54, 1.807) is 11.8 Å². The Morgan fingerprint density at radius 2 is 1.67 bits per heavy atom. The molecule has 0 spiro atoms. The fourth-order valence-corrected chi connectivity index (χ4v) is 4.08. The van der Waals surface area contributed by atoms with E-state index >= 15 is 0 Å². The van der Waals surface area contributed by atoms with E-state index in [0.717, 1.165) is 10.6 Å². The zero-order chi connectivity index (χ0) is 16.5. The van der Waals surface area contributed by atoms with Gasteiger partial charge in [0.25, 0.3) is 0 Å². The van der Waals surface area contributed by atoms with Crippen LogP contribution in [0.2, 0.25) is 5.02 Å². The smallest absolute Gasteiger partial charge is 0.159 e. The van der Waals surface area contributed by atoms with Crippen LogP contribution < -0.4 is 5.73 Å².